The summed E-state index contributed by atoms with van der Waals surface area (Å²) in [6.07, 6.45) is -4.74. The van der Waals surface area contributed by atoms with Crippen molar-refractivity contribution in [2.45, 2.75) is 89.8 Å². The molecule has 2 aromatic rings. The Labute approximate surface area is 285 Å². The highest BCUT2D eigenvalue weighted by molar-refractivity contribution is 5.83. The Morgan fingerprint density at radius 1 is 1.02 bits per heavy atom. The number of methoxy groups -OCH3 is 1. The summed E-state index contributed by atoms with van der Waals surface area (Å²) in [6.45, 7) is 4.91. The maximum atomic E-state index is 13.7. The summed E-state index contributed by atoms with van der Waals surface area (Å²) in [6, 6.07) is 3.59. The van der Waals surface area contributed by atoms with Gasteiger partial charge >= 0.3 is 41.3 Å². The minimum absolute atomic E-state index is 0.0126. The highest BCUT2D eigenvalue weighted by Crippen LogP contribution is 2.39. The second-order valence-corrected chi connectivity index (χ2v) is 11.1. The van der Waals surface area contributed by atoms with E-state index in [4.69, 9.17) is 44.0 Å². The van der Waals surface area contributed by atoms with E-state index in [1.807, 2.05) is 0 Å². The van der Waals surface area contributed by atoms with E-state index in [2.05, 4.69) is 11.2 Å². The number of terminal acetylenes is 1. The number of ether oxygens (including phenoxy) is 7. The van der Waals surface area contributed by atoms with Gasteiger partial charge in [-0.2, -0.15) is 0 Å². The lowest BCUT2D eigenvalue weighted by Crippen LogP contribution is -2.76. The quantitative estimate of drug-likeness (QED) is 0.124. The van der Waals surface area contributed by atoms with E-state index in [1.165, 1.54) is 24.3 Å². The van der Waals surface area contributed by atoms with Crippen LogP contribution in [-0.2, 0) is 57.2 Å². The van der Waals surface area contributed by atoms with Gasteiger partial charge in [0.25, 0.3) is 0 Å². The Morgan fingerprint density at radius 3 is 2.28 bits per heavy atom. The van der Waals surface area contributed by atoms with E-state index >= 15 is 0 Å². The number of hydrogen-bond donors (Lipinski definition) is 2. The normalized spacial score (nSPS) is 22.5. The third-order valence-electron chi connectivity index (χ3n) is 7.27. The highest BCUT2D eigenvalue weighted by atomic mass is 16.8. The fourth-order valence-corrected chi connectivity index (χ4v) is 5.29. The number of esters is 5. The first-order chi connectivity index (χ1) is 23.5. The molecule has 1 aliphatic heterocycles. The fraction of sp³-hybridized carbons (Fsp3) is 0.485. The lowest BCUT2D eigenvalue weighted by atomic mass is 9.85. The molecule has 0 spiro atoms. The summed E-state index contributed by atoms with van der Waals surface area (Å²) >= 11 is 0. The number of hydrogen-bond acceptors (Lipinski definition) is 16. The lowest BCUT2D eigenvalue weighted by Gasteiger charge is -2.50. The standard InChI is InChI=1S/C33H37NO16/c1-8-9-10-25(39)34-27-29(28(46-19(5)37)24(45-18(4)36)15-44-17(3)35)50-33(32(42)43-7,31(41)30(27)47-20(6)38)49-21-11-12-22-16(2)13-26(40)48-23(22)14-21/h1,11-14,24,27-31,41H,9-10,15H2,2-7H3,(H,34,39). The van der Waals surface area contributed by atoms with Crippen molar-refractivity contribution in [2.24, 2.45) is 0 Å². The van der Waals surface area contributed by atoms with Gasteiger partial charge in [-0.15, -0.1) is 12.3 Å². The SMILES string of the molecule is C#CCCC(=O)NC1C(C(OC(C)=O)C(COC(C)=O)OC(C)=O)OC(Oc2ccc3c(C)cc(=O)oc3c2)(C(=O)OC)C(O)C1OC(C)=O. The van der Waals surface area contributed by atoms with Crippen LogP contribution >= 0.6 is 0 Å². The summed E-state index contributed by atoms with van der Waals surface area (Å²) < 4.78 is 43.8. The predicted octanol–water partition coefficient (Wildman–Crippen LogP) is 0.366. The van der Waals surface area contributed by atoms with Gasteiger partial charge in [-0.05, 0) is 24.6 Å². The van der Waals surface area contributed by atoms with Crippen molar-refractivity contribution in [1.82, 2.24) is 5.32 Å². The molecule has 7 atom stereocenters. The van der Waals surface area contributed by atoms with Crippen molar-refractivity contribution >= 4 is 46.7 Å². The molecule has 1 aliphatic rings. The van der Waals surface area contributed by atoms with E-state index < -0.39 is 90.3 Å². The third kappa shape index (κ3) is 9.36. The first-order valence-electron chi connectivity index (χ1n) is 15.1. The molecule has 1 aromatic heterocycles. The van der Waals surface area contributed by atoms with Gasteiger partial charge in [0.15, 0.2) is 24.4 Å². The Hall–Kier alpha value is -5.47. The molecule has 1 aromatic carbocycles. The molecule has 50 heavy (non-hydrogen) atoms. The van der Waals surface area contributed by atoms with Crippen molar-refractivity contribution in [1.29, 1.82) is 0 Å². The zero-order valence-corrected chi connectivity index (χ0v) is 28.0. The van der Waals surface area contributed by atoms with Crippen LogP contribution < -0.4 is 15.7 Å². The van der Waals surface area contributed by atoms with Crippen molar-refractivity contribution in [3.63, 3.8) is 0 Å². The van der Waals surface area contributed by atoms with Crippen LogP contribution in [0, 0.1) is 19.3 Å². The Kier molecular flexibility index (Phi) is 13.1. The van der Waals surface area contributed by atoms with Crippen molar-refractivity contribution in [3.8, 4) is 18.1 Å². The molecule has 0 saturated carbocycles. The van der Waals surface area contributed by atoms with Gasteiger partial charge in [-0.1, -0.05) is 0 Å². The third-order valence-corrected chi connectivity index (χ3v) is 7.27. The number of carbonyl (C=O) groups excluding carboxylic acids is 6. The zero-order chi connectivity index (χ0) is 37.3. The van der Waals surface area contributed by atoms with Crippen LogP contribution in [0.1, 0.15) is 46.1 Å². The number of carbonyl (C=O) groups is 6. The van der Waals surface area contributed by atoms with E-state index in [9.17, 15) is 38.7 Å². The molecule has 0 radical (unpaired) electrons. The van der Waals surface area contributed by atoms with Crippen molar-refractivity contribution < 1.29 is 71.4 Å². The van der Waals surface area contributed by atoms with E-state index in [0.717, 1.165) is 34.8 Å². The maximum absolute atomic E-state index is 13.7. The average Bonchev–Trinajstić information content (AvgIpc) is 3.02. The minimum atomic E-state index is -3.00. The van der Waals surface area contributed by atoms with Gasteiger partial charge in [-0.3, -0.25) is 24.0 Å². The molecule has 2 heterocycles. The number of aliphatic hydroxyl groups excluding tert-OH is 1. The van der Waals surface area contributed by atoms with Crippen LogP contribution in [0.2, 0.25) is 0 Å². The van der Waals surface area contributed by atoms with Gasteiger partial charge < -0.3 is 48.0 Å². The number of benzene rings is 1. The predicted molar refractivity (Wildman–Crippen MR) is 167 cm³/mol. The van der Waals surface area contributed by atoms with Crippen LogP contribution in [0.4, 0.5) is 0 Å². The molecule has 17 heteroatoms. The summed E-state index contributed by atoms with van der Waals surface area (Å²) in [5, 5.41) is 14.9. The monoisotopic (exact) mass is 703 g/mol. The smallest absolute Gasteiger partial charge is 0.382 e. The van der Waals surface area contributed by atoms with Crippen LogP contribution in [0.15, 0.2) is 33.5 Å². The first-order valence-corrected chi connectivity index (χ1v) is 15.1. The van der Waals surface area contributed by atoms with Gasteiger partial charge in [0, 0.05) is 58.1 Å². The molecular formula is C33H37NO16. The van der Waals surface area contributed by atoms with Gasteiger partial charge in [0.05, 0.1) is 13.2 Å². The van der Waals surface area contributed by atoms with Gasteiger partial charge in [-0.25, -0.2) is 9.59 Å². The van der Waals surface area contributed by atoms with Crippen molar-refractivity contribution in [2.75, 3.05) is 13.7 Å². The number of fused-ring (bicyclic) bond motifs is 1. The van der Waals surface area contributed by atoms with Crippen LogP contribution in [0.5, 0.6) is 5.75 Å². The Balaban J connectivity index is 2.33. The molecule has 3 rings (SSSR count). The largest absolute Gasteiger partial charge is 0.464 e. The number of aliphatic hydroxyl groups is 1. The average molecular weight is 704 g/mol. The Bertz CT molecular complexity index is 1730. The number of aryl methyl sites for hydroxylation is 1. The topological polar surface area (TPSA) is 229 Å². The second kappa shape index (κ2) is 16.8. The molecule has 7 unspecified atom stereocenters. The zero-order valence-electron chi connectivity index (χ0n) is 28.0. The summed E-state index contributed by atoms with van der Waals surface area (Å²) in [7, 11) is 0.918. The number of rotatable bonds is 13. The van der Waals surface area contributed by atoms with Crippen LogP contribution in [-0.4, -0.2) is 96.9 Å². The van der Waals surface area contributed by atoms with Crippen molar-refractivity contribution in [3.05, 3.63) is 40.2 Å². The molecule has 1 saturated heterocycles. The molecule has 2 N–H and O–H groups in total. The molecular weight excluding hydrogens is 666 g/mol. The summed E-state index contributed by atoms with van der Waals surface area (Å²) in [5.41, 5.74) is -0.138. The van der Waals surface area contributed by atoms with Crippen LogP contribution in [0.3, 0.4) is 0 Å². The number of nitrogens with one attached hydrogen (secondary N) is 1. The first kappa shape index (κ1) is 39.0. The van der Waals surface area contributed by atoms with Gasteiger partial charge in [0.1, 0.15) is 24.0 Å². The minimum Gasteiger partial charge on any atom is -0.464 e. The molecule has 1 amide bonds. The molecule has 0 aliphatic carbocycles. The van der Waals surface area contributed by atoms with Gasteiger partial charge in [0.2, 0.25) is 5.91 Å². The molecule has 1 fully saturated rings. The lowest BCUT2D eigenvalue weighted by molar-refractivity contribution is -0.325. The molecule has 270 valence electrons. The summed E-state index contributed by atoms with van der Waals surface area (Å²) in [4.78, 5) is 87.9. The maximum Gasteiger partial charge on any atom is 0.382 e. The molecule has 0 bridgehead atoms. The molecule has 17 nitrogen and oxygen atoms in total. The Morgan fingerprint density at radius 2 is 1.70 bits per heavy atom. The van der Waals surface area contributed by atoms with Crippen LogP contribution in [0.25, 0.3) is 11.0 Å². The van der Waals surface area contributed by atoms with E-state index in [1.54, 1.807) is 6.92 Å². The summed E-state index contributed by atoms with van der Waals surface area (Å²) in [5.74, 6) is -6.92. The fourth-order valence-electron chi connectivity index (χ4n) is 5.29. The number of amides is 1. The van der Waals surface area contributed by atoms with E-state index in [-0.39, 0.29) is 24.2 Å². The highest BCUT2D eigenvalue weighted by Gasteiger charge is 2.66. The van der Waals surface area contributed by atoms with E-state index in [0.29, 0.717) is 10.9 Å². The second-order valence-electron chi connectivity index (χ2n) is 11.1.